The fraction of sp³-hybridized carbons (Fsp3) is 0.333. The van der Waals surface area contributed by atoms with E-state index in [-0.39, 0.29) is 12.5 Å². The molecule has 0 saturated heterocycles. The largest absolute Gasteiger partial charge is 0.355 e. The van der Waals surface area contributed by atoms with Crippen LogP contribution in [0.5, 0.6) is 0 Å². The second-order valence-corrected chi connectivity index (χ2v) is 10.6. The van der Waals surface area contributed by atoms with Gasteiger partial charge in [-0.2, -0.15) is 0 Å². The smallest absolute Gasteiger partial charge is 0.244 e. The fourth-order valence-electron chi connectivity index (χ4n) is 2.96. The predicted octanol–water partition coefficient (Wildman–Crippen LogP) is 3.26. The van der Waals surface area contributed by atoms with Crippen molar-refractivity contribution in [1.29, 1.82) is 0 Å². The van der Waals surface area contributed by atoms with Crippen molar-refractivity contribution in [2.24, 2.45) is 0 Å². The van der Waals surface area contributed by atoms with E-state index in [0.29, 0.717) is 17.3 Å². The number of nitrogens with one attached hydrogen (secondary N) is 1. The number of carbonyl (C=O) groups is 2. The molecule has 1 N–H and O–H groups in total. The first-order chi connectivity index (χ1) is 14.5. The van der Waals surface area contributed by atoms with Crippen LogP contribution in [-0.2, 0) is 26.2 Å². The molecule has 0 aromatic heterocycles. The molecule has 0 bridgehead atoms. The molecule has 0 fully saturated rings. The van der Waals surface area contributed by atoms with Gasteiger partial charge in [0.15, 0.2) is 0 Å². The van der Waals surface area contributed by atoms with Crippen molar-refractivity contribution in [3.8, 4) is 0 Å². The number of carbonyl (C=O) groups excluding carboxylic acids is 2. The van der Waals surface area contributed by atoms with E-state index < -0.39 is 28.5 Å². The zero-order valence-corrected chi connectivity index (χ0v) is 21.2. The molecule has 0 saturated carbocycles. The molecule has 0 aliphatic heterocycles. The van der Waals surface area contributed by atoms with Crippen LogP contribution in [-0.4, -0.2) is 50.5 Å². The monoisotopic (exact) mass is 577 g/mol. The Morgan fingerprint density at radius 3 is 2.35 bits per heavy atom. The van der Waals surface area contributed by atoms with Crippen molar-refractivity contribution in [2.45, 2.75) is 26.4 Å². The minimum absolute atomic E-state index is 0.113. The summed E-state index contributed by atoms with van der Waals surface area (Å²) in [5.74, 6) is -0.819. The van der Waals surface area contributed by atoms with Crippen molar-refractivity contribution in [3.63, 3.8) is 0 Å². The molecule has 31 heavy (non-hydrogen) atoms. The van der Waals surface area contributed by atoms with Gasteiger partial charge in [-0.3, -0.25) is 13.9 Å². The minimum Gasteiger partial charge on any atom is -0.355 e. The maximum absolute atomic E-state index is 13.3. The molecule has 1 unspecified atom stereocenters. The highest BCUT2D eigenvalue weighted by atomic mass is 127. The van der Waals surface area contributed by atoms with Gasteiger partial charge in [-0.25, -0.2) is 8.42 Å². The van der Waals surface area contributed by atoms with Crippen LogP contribution in [0.4, 0.5) is 5.69 Å². The van der Waals surface area contributed by atoms with Crippen molar-refractivity contribution < 1.29 is 18.0 Å². The number of hydrogen-bond donors (Lipinski definition) is 1. The highest BCUT2D eigenvalue weighted by Gasteiger charge is 2.29. The Labute approximate surface area is 201 Å². The third-order valence-electron chi connectivity index (χ3n) is 4.55. The molecule has 2 rings (SSSR count). The molecular weight excluding hydrogens is 553 g/mol. The first kappa shape index (κ1) is 25.4. The van der Waals surface area contributed by atoms with E-state index in [1.54, 1.807) is 62.4 Å². The number of hydrogen-bond acceptors (Lipinski definition) is 4. The Morgan fingerprint density at radius 1 is 1.16 bits per heavy atom. The van der Waals surface area contributed by atoms with Crippen molar-refractivity contribution in [3.05, 3.63) is 62.7 Å². The molecule has 0 aliphatic carbocycles. The van der Waals surface area contributed by atoms with Crippen LogP contribution in [0.25, 0.3) is 0 Å². The maximum atomic E-state index is 13.3. The van der Waals surface area contributed by atoms with Gasteiger partial charge in [-0.05, 0) is 78.4 Å². The van der Waals surface area contributed by atoms with E-state index in [4.69, 9.17) is 11.6 Å². The van der Waals surface area contributed by atoms with Gasteiger partial charge < -0.3 is 10.2 Å². The fourth-order valence-corrected chi connectivity index (χ4v) is 4.38. The van der Waals surface area contributed by atoms with Gasteiger partial charge in [0.25, 0.3) is 0 Å². The highest BCUT2D eigenvalue weighted by molar-refractivity contribution is 14.1. The lowest BCUT2D eigenvalue weighted by molar-refractivity contribution is -0.139. The second kappa shape index (κ2) is 11.1. The summed E-state index contributed by atoms with van der Waals surface area (Å²) >= 11 is 8.18. The summed E-state index contributed by atoms with van der Waals surface area (Å²) in [5.41, 5.74) is 1.11. The molecule has 0 heterocycles. The molecular formula is C21H25ClIN3O4S. The summed E-state index contributed by atoms with van der Waals surface area (Å²) in [4.78, 5) is 27.1. The summed E-state index contributed by atoms with van der Waals surface area (Å²) in [5, 5.41) is 3.21. The van der Waals surface area contributed by atoms with Crippen molar-refractivity contribution in [2.75, 3.05) is 23.7 Å². The predicted molar refractivity (Wildman–Crippen MR) is 131 cm³/mol. The number of likely N-dealkylation sites (N-methyl/N-ethyl adjacent to an activating group) is 1. The summed E-state index contributed by atoms with van der Waals surface area (Å²) in [6, 6.07) is 13.0. The Morgan fingerprint density at radius 2 is 1.81 bits per heavy atom. The zero-order chi connectivity index (χ0) is 23.2. The average Bonchev–Trinajstić information content (AvgIpc) is 2.70. The summed E-state index contributed by atoms with van der Waals surface area (Å²) < 4.78 is 26.9. The number of benzene rings is 2. The molecule has 1 atom stereocenters. The molecule has 2 amide bonds. The average molecular weight is 578 g/mol. The van der Waals surface area contributed by atoms with Crippen LogP contribution >= 0.6 is 34.2 Å². The molecule has 0 radical (unpaired) electrons. The number of anilines is 1. The Balaban J connectivity index is 2.37. The molecule has 7 nitrogen and oxygen atoms in total. The van der Waals surface area contributed by atoms with E-state index in [9.17, 15) is 18.0 Å². The zero-order valence-electron chi connectivity index (χ0n) is 17.5. The summed E-state index contributed by atoms with van der Waals surface area (Å²) in [6.07, 6.45) is 1.05. The van der Waals surface area contributed by atoms with E-state index in [1.165, 1.54) is 4.90 Å². The van der Waals surface area contributed by atoms with Crippen LogP contribution < -0.4 is 9.62 Å². The second-order valence-electron chi connectivity index (χ2n) is 6.97. The lowest BCUT2D eigenvalue weighted by Crippen LogP contribution is -2.51. The number of halogens is 2. The molecule has 0 aliphatic rings. The van der Waals surface area contributed by atoms with Gasteiger partial charge in [-0.1, -0.05) is 23.7 Å². The topological polar surface area (TPSA) is 86.8 Å². The van der Waals surface area contributed by atoms with Crippen LogP contribution in [0.15, 0.2) is 48.5 Å². The third kappa shape index (κ3) is 7.36. The van der Waals surface area contributed by atoms with Gasteiger partial charge in [0.2, 0.25) is 21.8 Å². The van der Waals surface area contributed by atoms with Crippen molar-refractivity contribution in [1.82, 2.24) is 10.2 Å². The third-order valence-corrected chi connectivity index (χ3v) is 6.65. The van der Waals surface area contributed by atoms with Crippen LogP contribution in [0, 0.1) is 3.57 Å². The van der Waals surface area contributed by atoms with Gasteiger partial charge >= 0.3 is 0 Å². The van der Waals surface area contributed by atoms with E-state index in [1.807, 2.05) is 0 Å². The Hall–Kier alpha value is -1.85. The number of nitrogens with zero attached hydrogens (tertiary/aromatic N) is 2. The molecule has 10 heteroatoms. The molecule has 2 aromatic rings. The van der Waals surface area contributed by atoms with Crippen LogP contribution in [0.1, 0.15) is 19.4 Å². The first-order valence-corrected chi connectivity index (χ1v) is 12.9. The van der Waals surface area contributed by atoms with Gasteiger partial charge in [0, 0.05) is 21.7 Å². The number of rotatable bonds is 9. The standard InChI is InChI=1S/C21H25ClIN3O4S/c1-4-24-21(28)15(2)25(13-16-6-5-7-17(22)12-16)20(27)14-26(31(3,29)30)19-10-8-18(23)9-11-19/h5-12,15H,4,13-14H2,1-3H3,(H,24,28). The summed E-state index contributed by atoms with van der Waals surface area (Å²) in [6.45, 7) is 3.51. The quantitative estimate of drug-likeness (QED) is 0.464. The minimum atomic E-state index is -3.73. The van der Waals surface area contributed by atoms with Crippen LogP contribution in [0.2, 0.25) is 5.02 Å². The van der Waals surface area contributed by atoms with E-state index in [0.717, 1.165) is 19.7 Å². The normalized spacial score (nSPS) is 12.2. The highest BCUT2D eigenvalue weighted by Crippen LogP contribution is 2.21. The maximum Gasteiger partial charge on any atom is 0.244 e. The van der Waals surface area contributed by atoms with E-state index >= 15 is 0 Å². The lowest BCUT2D eigenvalue weighted by Gasteiger charge is -2.31. The lowest BCUT2D eigenvalue weighted by atomic mass is 10.1. The number of amides is 2. The Bertz CT molecular complexity index is 1030. The van der Waals surface area contributed by atoms with Crippen LogP contribution in [0.3, 0.4) is 0 Å². The molecule has 2 aromatic carbocycles. The van der Waals surface area contributed by atoms with Gasteiger partial charge in [0.05, 0.1) is 11.9 Å². The van der Waals surface area contributed by atoms with Gasteiger partial charge in [0.1, 0.15) is 12.6 Å². The SMILES string of the molecule is CCNC(=O)C(C)N(Cc1cccc(Cl)c1)C(=O)CN(c1ccc(I)cc1)S(C)(=O)=O. The molecule has 168 valence electrons. The van der Waals surface area contributed by atoms with Crippen molar-refractivity contribution >= 4 is 61.7 Å². The Kier molecular flexibility index (Phi) is 9.14. The first-order valence-electron chi connectivity index (χ1n) is 9.57. The summed E-state index contributed by atoms with van der Waals surface area (Å²) in [7, 11) is -3.73. The molecule has 0 spiro atoms. The van der Waals surface area contributed by atoms with Gasteiger partial charge in [-0.15, -0.1) is 0 Å². The number of sulfonamides is 1. The van der Waals surface area contributed by atoms with E-state index in [2.05, 4.69) is 27.9 Å².